The summed E-state index contributed by atoms with van der Waals surface area (Å²) in [5.41, 5.74) is 2.18. The van der Waals surface area contributed by atoms with Crippen molar-refractivity contribution >= 4 is 28.5 Å². The smallest absolute Gasteiger partial charge is 0.291 e. The Morgan fingerprint density at radius 1 is 1.00 bits per heavy atom. The van der Waals surface area contributed by atoms with Crippen molar-refractivity contribution < 1.29 is 13.9 Å². The number of halogens is 1. The normalized spacial score (nSPS) is 15.2. The molecule has 1 unspecified atom stereocenters. The molecular weight excluding hydrogens is 438 g/mol. The maximum Gasteiger partial charge on any atom is 0.291 e. The molecule has 0 saturated heterocycles. The molecule has 1 amide bonds. The Morgan fingerprint density at radius 3 is 2.61 bits per heavy atom. The van der Waals surface area contributed by atoms with E-state index in [2.05, 4.69) is 0 Å². The summed E-state index contributed by atoms with van der Waals surface area (Å²) in [6, 6.07) is 21.5. The van der Waals surface area contributed by atoms with E-state index in [-0.39, 0.29) is 17.1 Å². The zero-order chi connectivity index (χ0) is 22.9. The molecule has 4 aromatic rings. The van der Waals surface area contributed by atoms with Gasteiger partial charge in [-0.05, 0) is 47.9 Å². The van der Waals surface area contributed by atoms with E-state index in [0.717, 1.165) is 17.5 Å². The minimum atomic E-state index is -0.600. The minimum absolute atomic E-state index is 0.0793. The molecule has 1 aliphatic heterocycles. The van der Waals surface area contributed by atoms with Crippen molar-refractivity contribution in [3.63, 3.8) is 0 Å². The number of hydrogen-bond donors (Lipinski definition) is 0. The molecule has 0 radical (unpaired) electrons. The second-order valence-electron chi connectivity index (χ2n) is 8.06. The summed E-state index contributed by atoms with van der Waals surface area (Å²) in [4.78, 5) is 28.9. The van der Waals surface area contributed by atoms with Crippen molar-refractivity contribution in [1.29, 1.82) is 0 Å². The highest BCUT2D eigenvalue weighted by molar-refractivity contribution is 6.31. The molecule has 1 aromatic heterocycles. The zero-order valence-corrected chi connectivity index (χ0v) is 18.8. The fourth-order valence-corrected chi connectivity index (χ4v) is 4.45. The van der Waals surface area contributed by atoms with Gasteiger partial charge in [0, 0.05) is 11.6 Å². The van der Waals surface area contributed by atoms with Gasteiger partial charge in [-0.25, -0.2) is 0 Å². The largest absolute Gasteiger partial charge is 0.494 e. The molecule has 0 spiro atoms. The number of carbonyl (C=O) groups is 1. The van der Waals surface area contributed by atoms with Crippen LogP contribution in [0.5, 0.6) is 5.75 Å². The highest BCUT2D eigenvalue weighted by Gasteiger charge is 2.42. The van der Waals surface area contributed by atoms with E-state index in [1.54, 1.807) is 23.1 Å². The Hall–Kier alpha value is -3.57. The number of ether oxygens (including phenoxy) is 1. The maximum absolute atomic E-state index is 13.6. The first-order chi connectivity index (χ1) is 16.1. The van der Waals surface area contributed by atoms with Gasteiger partial charge in [0.15, 0.2) is 5.43 Å². The van der Waals surface area contributed by atoms with Crippen molar-refractivity contribution in [2.45, 2.75) is 25.9 Å². The molecule has 1 aliphatic rings. The van der Waals surface area contributed by atoms with Crippen molar-refractivity contribution in [3.8, 4) is 5.75 Å². The Kier molecular flexibility index (Phi) is 5.65. The molecule has 166 valence electrons. The zero-order valence-electron chi connectivity index (χ0n) is 18.1. The van der Waals surface area contributed by atoms with Crippen LogP contribution in [0.4, 0.5) is 0 Å². The molecule has 33 heavy (non-hydrogen) atoms. The number of fused-ring (bicyclic) bond motifs is 2. The van der Waals surface area contributed by atoms with Gasteiger partial charge in [-0.15, -0.1) is 0 Å². The van der Waals surface area contributed by atoms with Crippen LogP contribution in [0.1, 0.15) is 46.6 Å². The quantitative estimate of drug-likeness (QED) is 0.356. The molecular formula is C27H22ClNO4. The molecule has 3 aromatic carbocycles. The van der Waals surface area contributed by atoms with E-state index < -0.39 is 6.04 Å². The van der Waals surface area contributed by atoms with Crippen molar-refractivity contribution in [2.75, 3.05) is 6.61 Å². The molecule has 0 aliphatic carbocycles. The van der Waals surface area contributed by atoms with Gasteiger partial charge < -0.3 is 14.1 Å². The summed E-state index contributed by atoms with van der Waals surface area (Å²) in [7, 11) is 0. The second kappa shape index (κ2) is 8.75. The van der Waals surface area contributed by atoms with Gasteiger partial charge in [0.25, 0.3) is 5.91 Å². The van der Waals surface area contributed by atoms with Crippen LogP contribution in [0, 0.1) is 0 Å². The van der Waals surface area contributed by atoms with Gasteiger partial charge in [0.1, 0.15) is 11.3 Å². The van der Waals surface area contributed by atoms with Gasteiger partial charge in [-0.3, -0.25) is 9.59 Å². The number of hydrogen-bond acceptors (Lipinski definition) is 4. The number of benzene rings is 3. The predicted octanol–water partition coefficient (Wildman–Crippen LogP) is 5.98. The molecule has 2 heterocycles. The van der Waals surface area contributed by atoms with E-state index in [4.69, 9.17) is 20.8 Å². The highest BCUT2D eigenvalue weighted by Crippen LogP contribution is 2.40. The minimum Gasteiger partial charge on any atom is -0.494 e. The SMILES string of the molecule is CCCOc1cccc(C2c3c(oc4ccc(Cl)cc4c3=O)C(=O)N2Cc2ccccc2)c1. The summed E-state index contributed by atoms with van der Waals surface area (Å²) >= 11 is 6.15. The Balaban J connectivity index is 1.69. The lowest BCUT2D eigenvalue weighted by Crippen LogP contribution is -2.29. The van der Waals surface area contributed by atoms with E-state index in [1.165, 1.54) is 0 Å². The monoisotopic (exact) mass is 459 g/mol. The van der Waals surface area contributed by atoms with Gasteiger partial charge in [-0.1, -0.05) is 61.0 Å². The molecule has 0 saturated carbocycles. The van der Waals surface area contributed by atoms with Gasteiger partial charge in [-0.2, -0.15) is 0 Å². The first-order valence-corrected chi connectivity index (χ1v) is 11.3. The van der Waals surface area contributed by atoms with Crippen molar-refractivity contribution in [2.24, 2.45) is 0 Å². The number of amides is 1. The fraction of sp³-hybridized carbons (Fsp3) is 0.185. The predicted molar refractivity (Wildman–Crippen MR) is 128 cm³/mol. The lowest BCUT2D eigenvalue weighted by atomic mass is 9.98. The first-order valence-electron chi connectivity index (χ1n) is 10.9. The average molecular weight is 460 g/mol. The van der Waals surface area contributed by atoms with E-state index in [9.17, 15) is 9.59 Å². The average Bonchev–Trinajstić information content (AvgIpc) is 3.11. The lowest BCUT2D eigenvalue weighted by Gasteiger charge is -2.25. The third-order valence-corrected chi connectivity index (χ3v) is 6.01. The number of carbonyl (C=O) groups excluding carboxylic acids is 1. The number of rotatable bonds is 6. The Bertz CT molecular complexity index is 1400. The first kappa shape index (κ1) is 21.3. The lowest BCUT2D eigenvalue weighted by molar-refractivity contribution is 0.0714. The molecule has 5 rings (SSSR count). The van der Waals surface area contributed by atoms with Crippen LogP contribution in [0.2, 0.25) is 5.02 Å². The second-order valence-corrected chi connectivity index (χ2v) is 8.49. The summed E-state index contributed by atoms with van der Waals surface area (Å²) in [5.74, 6) is 0.464. The molecule has 6 heteroatoms. The van der Waals surface area contributed by atoms with Crippen LogP contribution in [0.25, 0.3) is 11.0 Å². The highest BCUT2D eigenvalue weighted by atomic mass is 35.5. The van der Waals surface area contributed by atoms with Crippen molar-refractivity contribution in [3.05, 3.63) is 110 Å². The summed E-state index contributed by atoms with van der Waals surface area (Å²) in [5, 5.41) is 0.797. The molecule has 0 bridgehead atoms. The maximum atomic E-state index is 13.6. The fourth-order valence-electron chi connectivity index (χ4n) is 4.28. The van der Waals surface area contributed by atoms with Crippen LogP contribution in [-0.4, -0.2) is 17.4 Å². The third kappa shape index (κ3) is 3.89. The van der Waals surface area contributed by atoms with E-state index in [1.807, 2.05) is 61.5 Å². The Labute approximate surface area is 196 Å². The van der Waals surface area contributed by atoms with E-state index >= 15 is 0 Å². The van der Waals surface area contributed by atoms with Gasteiger partial charge in [0.05, 0.1) is 23.6 Å². The summed E-state index contributed by atoms with van der Waals surface area (Å²) in [6.07, 6.45) is 0.880. The van der Waals surface area contributed by atoms with Crippen molar-refractivity contribution in [1.82, 2.24) is 4.90 Å². The van der Waals surface area contributed by atoms with Crippen LogP contribution in [0.3, 0.4) is 0 Å². The molecule has 0 fully saturated rings. The van der Waals surface area contributed by atoms with Gasteiger partial charge in [0.2, 0.25) is 5.76 Å². The van der Waals surface area contributed by atoms with E-state index in [0.29, 0.717) is 40.5 Å². The standard InChI is InChI=1S/C27H22ClNO4/c1-2-13-32-20-10-6-9-18(14-20)24-23-25(30)21-15-19(28)11-12-22(21)33-26(23)27(31)29(24)16-17-7-4-3-5-8-17/h3-12,14-15,24H,2,13,16H2,1H3. The molecule has 0 N–H and O–H groups in total. The van der Waals surface area contributed by atoms with Crippen LogP contribution < -0.4 is 10.2 Å². The molecule has 1 atom stereocenters. The van der Waals surface area contributed by atoms with Crippen LogP contribution in [-0.2, 0) is 6.54 Å². The third-order valence-electron chi connectivity index (χ3n) is 5.77. The molecule has 5 nitrogen and oxygen atoms in total. The van der Waals surface area contributed by atoms with Crippen LogP contribution in [0.15, 0.2) is 82.0 Å². The topological polar surface area (TPSA) is 59.8 Å². The summed E-state index contributed by atoms with van der Waals surface area (Å²) < 4.78 is 11.8. The summed E-state index contributed by atoms with van der Waals surface area (Å²) in [6.45, 7) is 2.96. The van der Waals surface area contributed by atoms with Crippen LogP contribution >= 0.6 is 11.6 Å². The van der Waals surface area contributed by atoms with Gasteiger partial charge >= 0.3 is 0 Å². The number of nitrogens with zero attached hydrogens (tertiary/aromatic N) is 1. The Morgan fingerprint density at radius 2 is 1.82 bits per heavy atom.